The number of aromatic carboxylic acids is 1. The minimum Gasteiger partial charge on any atom is -0.478 e. The lowest BCUT2D eigenvalue weighted by Gasteiger charge is -2.37. The van der Waals surface area contributed by atoms with Crippen LogP contribution >= 0.6 is 0 Å². The first-order chi connectivity index (χ1) is 8.41. The van der Waals surface area contributed by atoms with Crippen molar-refractivity contribution in [3.8, 4) is 0 Å². The van der Waals surface area contributed by atoms with Crippen molar-refractivity contribution in [3.63, 3.8) is 0 Å². The number of benzene rings is 1. The number of aliphatic hydroxyl groups excluding tert-OH is 1. The minimum absolute atomic E-state index is 0.0966. The molecule has 96 valence electrons. The Balaban J connectivity index is 2.55. The Kier molecular flexibility index (Phi) is 3.09. The number of carbonyl (C=O) groups is 2. The Morgan fingerprint density at radius 3 is 2.61 bits per heavy atom. The quantitative estimate of drug-likeness (QED) is 0.791. The molecule has 0 spiro atoms. The van der Waals surface area contributed by atoms with Gasteiger partial charge in [0, 0.05) is 24.2 Å². The fourth-order valence-electron chi connectivity index (χ4n) is 2.45. The van der Waals surface area contributed by atoms with Crippen molar-refractivity contribution in [2.45, 2.75) is 32.4 Å². The summed E-state index contributed by atoms with van der Waals surface area (Å²) < 4.78 is 0. The topological polar surface area (TPSA) is 77.8 Å². The van der Waals surface area contributed by atoms with E-state index in [4.69, 9.17) is 5.11 Å². The van der Waals surface area contributed by atoms with Crippen LogP contribution in [0.5, 0.6) is 0 Å². The number of hydrogen-bond donors (Lipinski definition) is 2. The van der Waals surface area contributed by atoms with Gasteiger partial charge >= 0.3 is 5.97 Å². The molecule has 1 aromatic rings. The Labute approximate surface area is 105 Å². The molecule has 1 heterocycles. The molecule has 1 amide bonds. The summed E-state index contributed by atoms with van der Waals surface area (Å²) in [5.41, 5.74) is 1.22. The van der Waals surface area contributed by atoms with Crippen molar-refractivity contribution in [2.24, 2.45) is 0 Å². The third-order valence-electron chi connectivity index (χ3n) is 3.24. The maximum atomic E-state index is 11.6. The van der Waals surface area contributed by atoms with E-state index in [1.54, 1.807) is 11.0 Å². The lowest BCUT2D eigenvalue weighted by Crippen LogP contribution is -2.42. The van der Waals surface area contributed by atoms with Crippen molar-refractivity contribution in [1.82, 2.24) is 0 Å². The Bertz CT molecular complexity index is 512. The number of carboxylic acid groups (broad SMARTS) is 1. The highest BCUT2D eigenvalue weighted by atomic mass is 16.4. The lowest BCUT2D eigenvalue weighted by atomic mass is 9.92. The minimum atomic E-state index is -1.04. The van der Waals surface area contributed by atoms with E-state index in [1.807, 2.05) is 6.92 Å². The van der Waals surface area contributed by atoms with Gasteiger partial charge in [0.15, 0.2) is 0 Å². The molecule has 0 aromatic heterocycles. The summed E-state index contributed by atoms with van der Waals surface area (Å²) in [7, 11) is 0. The first-order valence-corrected chi connectivity index (χ1v) is 5.77. The third kappa shape index (κ3) is 1.97. The van der Waals surface area contributed by atoms with Gasteiger partial charge in [0.1, 0.15) is 0 Å². The fourth-order valence-corrected chi connectivity index (χ4v) is 2.45. The molecule has 0 unspecified atom stereocenters. The molecule has 0 saturated carbocycles. The summed E-state index contributed by atoms with van der Waals surface area (Å²) in [6.07, 6.45) is -0.319. The normalized spacial score (nSPS) is 22.5. The summed E-state index contributed by atoms with van der Waals surface area (Å²) in [5.74, 6) is -1.16. The highest BCUT2D eigenvalue weighted by Crippen LogP contribution is 2.37. The van der Waals surface area contributed by atoms with E-state index in [9.17, 15) is 14.7 Å². The van der Waals surface area contributed by atoms with E-state index in [0.29, 0.717) is 17.7 Å². The molecule has 1 aliphatic heterocycles. The van der Waals surface area contributed by atoms with E-state index >= 15 is 0 Å². The smallest absolute Gasteiger partial charge is 0.335 e. The lowest BCUT2D eigenvalue weighted by molar-refractivity contribution is -0.117. The van der Waals surface area contributed by atoms with Crippen LogP contribution in [0.1, 0.15) is 42.3 Å². The monoisotopic (exact) mass is 249 g/mol. The van der Waals surface area contributed by atoms with E-state index in [-0.39, 0.29) is 17.5 Å². The summed E-state index contributed by atoms with van der Waals surface area (Å²) in [6.45, 7) is 3.32. The molecule has 0 saturated heterocycles. The molecule has 1 aromatic carbocycles. The fraction of sp³-hybridized carbons (Fsp3) is 0.385. The second kappa shape index (κ2) is 4.42. The van der Waals surface area contributed by atoms with Crippen molar-refractivity contribution >= 4 is 17.6 Å². The zero-order valence-electron chi connectivity index (χ0n) is 10.3. The van der Waals surface area contributed by atoms with E-state index < -0.39 is 12.1 Å². The SMILES string of the molecule is CC(=O)N1c2ccc(C(=O)O)cc2[C@H](O)C[C@@H]1C. The highest BCUT2D eigenvalue weighted by molar-refractivity contribution is 5.95. The van der Waals surface area contributed by atoms with Gasteiger partial charge in [-0.1, -0.05) is 0 Å². The Morgan fingerprint density at radius 2 is 2.06 bits per heavy atom. The van der Waals surface area contributed by atoms with Crippen LogP contribution in [-0.4, -0.2) is 28.1 Å². The molecule has 0 fully saturated rings. The molecule has 0 aliphatic carbocycles. The molecule has 0 radical (unpaired) electrons. The molecule has 5 heteroatoms. The van der Waals surface area contributed by atoms with E-state index in [2.05, 4.69) is 0 Å². The zero-order chi connectivity index (χ0) is 13.4. The number of nitrogens with zero attached hydrogens (tertiary/aromatic N) is 1. The van der Waals surface area contributed by atoms with Crippen LogP contribution in [0.25, 0.3) is 0 Å². The number of carbonyl (C=O) groups excluding carboxylic acids is 1. The molecular formula is C13H15NO4. The van der Waals surface area contributed by atoms with Crippen LogP contribution in [0.4, 0.5) is 5.69 Å². The predicted octanol–water partition coefficient (Wildman–Crippen LogP) is 1.56. The van der Waals surface area contributed by atoms with Gasteiger partial charge in [-0.2, -0.15) is 0 Å². The Hall–Kier alpha value is -1.88. The molecule has 18 heavy (non-hydrogen) atoms. The average molecular weight is 249 g/mol. The van der Waals surface area contributed by atoms with Crippen molar-refractivity contribution in [1.29, 1.82) is 0 Å². The van der Waals surface area contributed by atoms with Gasteiger partial charge in [-0.05, 0) is 31.5 Å². The first kappa shape index (κ1) is 12.6. The number of hydrogen-bond acceptors (Lipinski definition) is 3. The highest BCUT2D eigenvalue weighted by Gasteiger charge is 2.31. The average Bonchev–Trinajstić information content (AvgIpc) is 2.27. The summed E-state index contributed by atoms with van der Waals surface area (Å²) >= 11 is 0. The molecular weight excluding hydrogens is 234 g/mol. The molecule has 2 N–H and O–H groups in total. The standard InChI is InChI=1S/C13H15NO4/c1-7-5-12(16)10-6-9(13(17)18)3-4-11(10)14(7)8(2)15/h3-4,6-7,12,16H,5H2,1-2H3,(H,17,18)/t7-,12+/m0/s1. The molecule has 5 nitrogen and oxygen atoms in total. The van der Waals surface area contributed by atoms with Crippen LogP contribution in [0.15, 0.2) is 18.2 Å². The molecule has 0 bridgehead atoms. The number of carboxylic acids is 1. The summed E-state index contributed by atoms with van der Waals surface area (Å²) in [4.78, 5) is 24.1. The zero-order valence-corrected chi connectivity index (χ0v) is 10.3. The van der Waals surface area contributed by atoms with Gasteiger partial charge in [0.25, 0.3) is 0 Å². The van der Waals surface area contributed by atoms with Crippen LogP contribution in [-0.2, 0) is 4.79 Å². The van der Waals surface area contributed by atoms with Gasteiger partial charge in [-0.15, -0.1) is 0 Å². The Morgan fingerprint density at radius 1 is 1.39 bits per heavy atom. The number of rotatable bonds is 1. The molecule has 2 rings (SSSR count). The van der Waals surface area contributed by atoms with Crippen LogP contribution in [0.3, 0.4) is 0 Å². The van der Waals surface area contributed by atoms with E-state index in [1.165, 1.54) is 19.1 Å². The van der Waals surface area contributed by atoms with Crippen molar-refractivity contribution < 1.29 is 19.8 Å². The van der Waals surface area contributed by atoms with Crippen molar-refractivity contribution in [2.75, 3.05) is 4.90 Å². The van der Waals surface area contributed by atoms with Gasteiger partial charge in [0.05, 0.1) is 11.7 Å². The van der Waals surface area contributed by atoms with Gasteiger partial charge < -0.3 is 15.1 Å². The maximum absolute atomic E-state index is 11.6. The number of amides is 1. The van der Waals surface area contributed by atoms with Crippen LogP contribution in [0.2, 0.25) is 0 Å². The molecule has 2 atom stereocenters. The van der Waals surface area contributed by atoms with Gasteiger partial charge in [-0.25, -0.2) is 4.79 Å². The molecule has 1 aliphatic rings. The first-order valence-electron chi connectivity index (χ1n) is 5.77. The second-order valence-corrected chi connectivity index (χ2v) is 4.57. The number of fused-ring (bicyclic) bond motifs is 1. The summed E-state index contributed by atoms with van der Waals surface area (Å²) in [5, 5.41) is 18.9. The van der Waals surface area contributed by atoms with Crippen LogP contribution < -0.4 is 4.90 Å². The van der Waals surface area contributed by atoms with Crippen molar-refractivity contribution in [3.05, 3.63) is 29.3 Å². The largest absolute Gasteiger partial charge is 0.478 e. The van der Waals surface area contributed by atoms with Crippen LogP contribution in [0, 0.1) is 0 Å². The maximum Gasteiger partial charge on any atom is 0.335 e. The summed E-state index contributed by atoms with van der Waals surface area (Å²) in [6, 6.07) is 4.37. The number of anilines is 1. The third-order valence-corrected chi connectivity index (χ3v) is 3.24. The predicted molar refractivity (Wildman–Crippen MR) is 65.6 cm³/mol. The second-order valence-electron chi connectivity index (χ2n) is 4.57. The van der Waals surface area contributed by atoms with Gasteiger partial charge in [0.2, 0.25) is 5.91 Å². The van der Waals surface area contributed by atoms with Gasteiger partial charge in [-0.3, -0.25) is 4.79 Å². The number of aliphatic hydroxyl groups is 1. The van der Waals surface area contributed by atoms with E-state index in [0.717, 1.165) is 0 Å².